The molecule has 1 fully saturated rings. The zero-order chi connectivity index (χ0) is 11.5. The topological polar surface area (TPSA) is 20.3 Å². The van der Waals surface area contributed by atoms with Crippen molar-refractivity contribution >= 4 is 5.91 Å². The first-order valence-electron chi connectivity index (χ1n) is 5.18. The molecule has 2 atom stereocenters. The molecule has 0 saturated carbocycles. The second-order valence-electron chi connectivity index (χ2n) is 3.84. The van der Waals surface area contributed by atoms with Crippen molar-refractivity contribution in [1.29, 1.82) is 0 Å². The summed E-state index contributed by atoms with van der Waals surface area (Å²) in [6, 6.07) is 8.39. The van der Waals surface area contributed by atoms with Gasteiger partial charge in [0.25, 0.3) is 5.91 Å². The van der Waals surface area contributed by atoms with E-state index >= 15 is 0 Å². The first-order chi connectivity index (χ1) is 7.72. The molecule has 1 saturated heterocycles. The largest absolute Gasteiger partial charge is 0.322 e. The van der Waals surface area contributed by atoms with E-state index in [2.05, 4.69) is 5.92 Å². The van der Waals surface area contributed by atoms with Crippen LogP contribution < -0.4 is 0 Å². The summed E-state index contributed by atoms with van der Waals surface area (Å²) >= 11 is 0. The van der Waals surface area contributed by atoms with Crippen LogP contribution >= 0.6 is 0 Å². The van der Waals surface area contributed by atoms with E-state index in [4.69, 9.17) is 6.42 Å². The van der Waals surface area contributed by atoms with E-state index in [-0.39, 0.29) is 18.9 Å². The average molecular weight is 217 g/mol. The van der Waals surface area contributed by atoms with Gasteiger partial charge in [0.2, 0.25) is 0 Å². The molecule has 3 heteroatoms. The van der Waals surface area contributed by atoms with Crippen molar-refractivity contribution < 1.29 is 9.18 Å². The van der Waals surface area contributed by atoms with Crippen LogP contribution in [0.2, 0.25) is 0 Å². The van der Waals surface area contributed by atoms with Crippen molar-refractivity contribution in [3.63, 3.8) is 0 Å². The Kier molecular flexibility index (Phi) is 2.91. The Morgan fingerprint density at radius 1 is 1.44 bits per heavy atom. The van der Waals surface area contributed by atoms with Gasteiger partial charge in [-0.25, -0.2) is 4.39 Å². The second-order valence-corrected chi connectivity index (χ2v) is 3.84. The number of carbonyl (C=O) groups is 1. The van der Waals surface area contributed by atoms with Crippen LogP contribution in [0.1, 0.15) is 16.8 Å². The Bertz CT molecular complexity index is 423. The second kappa shape index (κ2) is 4.36. The fourth-order valence-corrected chi connectivity index (χ4v) is 1.91. The number of rotatable bonds is 1. The van der Waals surface area contributed by atoms with Crippen LogP contribution in [0.5, 0.6) is 0 Å². The normalized spacial score (nSPS) is 24.1. The molecule has 1 aliphatic rings. The predicted octanol–water partition coefficient (Wildman–Crippen LogP) is 1.87. The molecule has 1 aromatic rings. The van der Waals surface area contributed by atoms with Gasteiger partial charge in [0.05, 0.1) is 12.6 Å². The summed E-state index contributed by atoms with van der Waals surface area (Å²) < 4.78 is 13.2. The minimum absolute atomic E-state index is 0.0998. The Morgan fingerprint density at radius 2 is 2.12 bits per heavy atom. The van der Waals surface area contributed by atoms with E-state index in [1.54, 1.807) is 24.3 Å². The molecule has 16 heavy (non-hydrogen) atoms. The number of nitrogens with zero attached hydrogens (tertiary/aromatic N) is 1. The molecule has 1 heterocycles. The number of amides is 1. The summed E-state index contributed by atoms with van der Waals surface area (Å²) in [6.45, 7) is 0.0998. The van der Waals surface area contributed by atoms with Crippen molar-refractivity contribution in [1.82, 2.24) is 4.90 Å². The monoisotopic (exact) mass is 217 g/mol. The molecule has 1 amide bonds. The van der Waals surface area contributed by atoms with Gasteiger partial charge < -0.3 is 4.90 Å². The predicted molar refractivity (Wildman–Crippen MR) is 59.6 cm³/mol. The SMILES string of the molecule is C#CC1CC(F)CN1C(=O)c1ccccc1. The van der Waals surface area contributed by atoms with Gasteiger partial charge in [-0.15, -0.1) is 6.42 Å². The quantitative estimate of drug-likeness (QED) is 0.658. The molecule has 0 radical (unpaired) electrons. The molecule has 1 aliphatic heterocycles. The summed E-state index contributed by atoms with van der Waals surface area (Å²) in [5.74, 6) is 2.27. The standard InChI is InChI=1S/C13H12FNO/c1-2-12-8-11(14)9-15(12)13(16)10-6-4-3-5-7-10/h1,3-7,11-12H,8-9H2. The lowest BCUT2D eigenvalue weighted by molar-refractivity contribution is 0.0757. The first kappa shape index (κ1) is 10.7. The lowest BCUT2D eigenvalue weighted by Crippen LogP contribution is -2.34. The van der Waals surface area contributed by atoms with Crippen molar-refractivity contribution in [2.75, 3.05) is 6.54 Å². The van der Waals surface area contributed by atoms with Crippen LogP contribution in [-0.2, 0) is 0 Å². The van der Waals surface area contributed by atoms with Crippen molar-refractivity contribution in [2.45, 2.75) is 18.6 Å². The summed E-state index contributed by atoms with van der Waals surface area (Å²) in [5.41, 5.74) is 0.553. The number of hydrogen-bond donors (Lipinski definition) is 0. The van der Waals surface area contributed by atoms with Crippen LogP contribution in [0.15, 0.2) is 30.3 Å². The zero-order valence-corrected chi connectivity index (χ0v) is 8.77. The smallest absolute Gasteiger partial charge is 0.254 e. The lowest BCUT2D eigenvalue weighted by Gasteiger charge is -2.20. The third-order valence-electron chi connectivity index (χ3n) is 2.72. The van der Waals surface area contributed by atoms with Crippen molar-refractivity contribution in [3.05, 3.63) is 35.9 Å². The van der Waals surface area contributed by atoms with Gasteiger partial charge in [-0.1, -0.05) is 24.1 Å². The summed E-state index contributed by atoms with van der Waals surface area (Å²) in [6.07, 6.45) is 4.53. The van der Waals surface area contributed by atoms with Crippen molar-refractivity contribution in [3.8, 4) is 12.3 Å². The third-order valence-corrected chi connectivity index (χ3v) is 2.72. The molecule has 0 bridgehead atoms. The van der Waals surface area contributed by atoms with Gasteiger partial charge in [0.15, 0.2) is 0 Å². The van der Waals surface area contributed by atoms with E-state index in [9.17, 15) is 9.18 Å². The number of likely N-dealkylation sites (tertiary alicyclic amines) is 1. The Labute approximate surface area is 94.1 Å². The highest BCUT2D eigenvalue weighted by atomic mass is 19.1. The molecule has 0 aliphatic carbocycles. The fourth-order valence-electron chi connectivity index (χ4n) is 1.91. The van der Waals surface area contributed by atoms with Crippen molar-refractivity contribution in [2.24, 2.45) is 0 Å². The van der Waals surface area contributed by atoms with Crippen LogP contribution in [0.4, 0.5) is 4.39 Å². The number of benzene rings is 1. The zero-order valence-electron chi connectivity index (χ0n) is 8.77. The average Bonchev–Trinajstić information content (AvgIpc) is 2.70. The summed E-state index contributed by atoms with van der Waals surface area (Å²) in [4.78, 5) is 13.5. The number of hydrogen-bond acceptors (Lipinski definition) is 1. The number of terminal acetylenes is 1. The molecule has 82 valence electrons. The van der Waals surface area contributed by atoms with Gasteiger partial charge >= 0.3 is 0 Å². The van der Waals surface area contributed by atoms with Gasteiger partial charge in [0.1, 0.15) is 6.17 Å². The van der Waals surface area contributed by atoms with Gasteiger partial charge in [-0.3, -0.25) is 4.79 Å². The number of carbonyl (C=O) groups excluding carboxylic acids is 1. The molecule has 0 aromatic heterocycles. The van der Waals surface area contributed by atoms with Gasteiger partial charge in [-0.05, 0) is 12.1 Å². The van der Waals surface area contributed by atoms with E-state index in [0.717, 1.165) is 0 Å². The molecule has 2 rings (SSSR count). The minimum atomic E-state index is -1.01. The molecule has 2 unspecified atom stereocenters. The molecule has 0 N–H and O–H groups in total. The lowest BCUT2D eigenvalue weighted by atomic mass is 10.2. The highest BCUT2D eigenvalue weighted by Crippen LogP contribution is 2.22. The Morgan fingerprint density at radius 3 is 2.75 bits per heavy atom. The van der Waals surface area contributed by atoms with Crippen LogP contribution in [0.3, 0.4) is 0 Å². The minimum Gasteiger partial charge on any atom is -0.322 e. The Hall–Kier alpha value is -1.82. The van der Waals surface area contributed by atoms with E-state index in [1.165, 1.54) is 4.90 Å². The highest BCUT2D eigenvalue weighted by Gasteiger charge is 2.34. The third kappa shape index (κ3) is 1.92. The highest BCUT2D eigenvalue weighted by molar-refractivity contribution is 5.94. The number of alkyl halides is 1. The molecule has 0 spiro atoms. The van der Waals surface area contributed by atoms with Gasteiger partial charge in [-0.2, -0.15) is 0 Å². The summed E-state index contributed by atoms with van der Waals surface area (Å²) in [7, 11) is 0. The van der Waals surface area contributed by atoms with Crippen LogP contribution in [0, 0.1) is 12.3 Å². The van der Waals surface area contributed by atoms with E-state index in [0.29, 0.717) is 5.56 Å². The maximum Gasteiger partial charge on any atom is 0.254 e. The maximum absolute atomic E-state index is 13.2. The van der Waals surface area contributed by atoms with E-state index < -0.39 is 12.2 Å². The van der Waals surface area contributed by atoms with E-state index in [1.807, 2.05) is 6.07 Å². The van der Waals surface area contributed by atoms with Crippen LogP contribution in [0.25, 0.3) is 0 Å². The van der Waals surface area contributed by atoms with Gasteiger partial charge in [0, 0.05) is 12.0 Å². The fraction of sp³-hybridized carbons (Fsp3) is 0.308. The summed E-state index contributed by atoms with van der Waals surface area (Å²) in [5, 5.41) is 0. The molecule has 2 nitrogen and oxygen atoms in total. The van der Waals surface area contributed by atoms with Crippen LogP contribution in [-0.4, -0.2) is 29.6 Å². The molecular formula is C13H12FNO. The maximum atomic E-state index is 13.2. The Balaban J connectivity index is 2.20. The molecule has 1 aromatic carbocycles. The first-order valence-corrected chi connectivity index (χ1v) is 5.18. The molecular weight excluding hydrogens is 205 g/mol. The number of halogens is 1.